The van der Waals surface area contributed by atoms with Crippen molar-refractivity contribution < 1.29 is 23.5 Å². The maximum absolute atomic E-state index is 6.10. The maximum atomic E-state index is 6.10. The molecule has 0 N–H and O–H groups in total. The average Bonchev–Trinajstić information content (AvgIpc) is 3.23. The summed E-state index contributed by atoms with van der Waals surface area (Å²) in [4.78, 5) is 0. The van der Waals surface area contributed by atoms with Gasteiger partial charge < -0.3 is 23.5 Å². The Balaban J connectivity index is 0. The third-order valence-corrected chi connectivity index (χ3v) is 5.01. The van der Waals surface area contributed by atoms with Gasteiger partial charge in [0, 0.05) is 45.6 Å². The highest BCUT2D eigenvalue weighted by atomic mass is 32.2. The fraction of sp³-hybridized carbons (Fsp3) is 0.875. The predicted molar refractivity (Wildman–Crippen MR) is 143 cm³/mol. The number of thioether (sulfide) groups is 1. The number of hydrogen-bond acceptors (Lipinski definition) is 7. The van der Waals surface area contributed by atoms with Crippen molar-refractivity contribution in [3.8, 4) is 0 Å². The summed E-state index contributed by atoms with van der Waals surface area (Å²) in [6.45, 7) is 20.0. The predicted octanol–water partition coefficient (Wildman–Crippen LogP) is 4.59. The molecule has 0 saturated carbocycles. The topological polar surface area (TPSA) is 64.0 Å². The van der Waals surface area contributed by atoms with Crippen LogP contribution in [0, 0.1) is 6.92 Å². The largest absolute Gasteiger partial charge is 0.498 e. The van der Waals surface area contributed by atoms with Crippen LogP contribution in [0.5, 0.6) is 0 Å². The van der Waals surface area contributed by atoms with E-state index in [0.29, 0.717) is 19.8 Å². The highest BCUT2D eigenvalue weighted by molar-refractivity contribution is 7.97. The second-order valence-corrected chi connectivity index (χ2v) is 9.20. The van der Waals surface area contributed by atoms with Crippen LogP contribution < -0.4 is 5.46 Å². The van der Waals surface area contributed by atoms with Gasteiger partial charge in [0.25, 0.3) is 0 Å². The van der Waals surface area contributed by atoms with Gasteiger partial charge in [-0.25, -0.2) is 0 Å². The fourth-order valence-electron chi connectivity index (χ4n) is 2.63. The van der Waals surface area contributed by atoms with Gasteiger partial charge in [-0.3, -0.25) is 4.68 Å². The average molecular weight is 491 g/mol. The Labute approximate surface area is 208 Å². The van der Waals surface area contributed by atoms with Gasteiger partial charge in [-0.15, -0.1) is 0 Å². The first-order valence-corrected chi connectivity index (χ1v) is 13.6. The first-order chi connectivity index (χ1) is 15.6. The molecule has 1 aromatic rings. The minimum absolute atomic E-state index is 0.332. The Morgan fingerprint density at radius 3 is 1.91 bits per heavy atom. The lowest BCUT2D eigenvalue weighted by atomic mass is 9.79. The Hall–Kier alpha value is -0.575. The molecule has 1 fully saturated rings. The number of methoxy groups -OCH3 is 2. The summed E-state index contributed by atoms with van der Waals surface area (Å²) in [5.74, 6) is 0. The van der Waals surface area contributed by atoms with Gasteiger partial charge in [0.1, 0.15) is 0 Å². The standard InChI is InChI=1S/C16H29BN2O4.C4H10O.C2H6S.C2H6/c1-13-14(17-22-15(2,3)16(4,5)23-17)12-19(18-13)8-7-9-21-11-10-20-6;1-3-4-5-2;1-3-2;1-2/h12H,7-11H2,1-6H3;3-4H2,1-2H3;1-2H3;1-2H3. The molecular weight excluding hydrogens is 439 g/mol. The number of nitrogens with zero attached hydrogens (tertiary/aromatic N) is 2. The summed E-state index contributed by atoms with van der Waals surface area (Å²) in [6, 6.07) is 0. The van der Waals surface area contributed by atoms with Crippen LogP contribution in [0.3, 0.4) is 0 Å². The van der Waals surface area contributed by atoms with E-state index in [-0.39, 0.29) is 18.3 Å². The molecule has 0 bridgehead atoms. The molecule has 2 rings (SSSR count). The monoisotopic (exact) mass is 490 g/mol. The second-order valence-electron chi connectivity index (χ2n) is 8.38. The van der Waals surface area contributed by atoms with Gasteiger partial charge in [-0.1, -0.05) is 20.8 Å². The molecular formula is C24H51BN2O5S. The summed E-state index contributed by atoms with van der Waals surface area (Å²) in [5, 5.41) is 4.56. The lowest BCUT2D eigenvalue weighted by molar-refractivity contribution is 0.00578. The molecule has 1 aliphatic rings. The molecule has 0 aliphatic carbocycles. The zero-order chi connectivity index (χ0) is 25.9. The van der Waals surface area contributed by atoms with E-state index < -0.39 is 0 Å². The van der Waals surface area contributed by atoms with E-state index in [1.165, 1.54) is 0 Å². The normalized spacial score (nSPS) is 15.6. The van der Waals surface area contributed by atoms with Crippen LogP contribution in [0.1, 0.15) is 67.0 Å². The van der Waals surface area contributed by atoms with Crippen molar-refractivity contribution in [2.75, 3.05) is 53.2 Å². The van der Waals surface area contributed by atoms with Gasteiger partial charge in [0.05, 0.1) is 30.1 Å². The summed E-state index contributed by atoms with van der Waals surface area (Å²) in [7, 11) is 3.03. The minimum Gasteiger partial charge on any atom is -0.399 e. The lowest BCUT2D eigenvalue weighted by Gasteiger charge is -2.32. The molecule has 1 aliphatic heterocycles. The summed E-state index contributed by atoms with van der Waals surface area (Å²) in [6.07, 6.45) is 8.14. The first kappa shape index (κ1) is 34.6. The number of ether oxygens (including phenoxy) is 3. The van der Waals surface area contributed by atoms with Crippen molar-refractivity contribution in [2.45, 2.75) is 86.0 Å². The van der Waals surface area contributed by atoms with Crippen molar-refractivity contribution >= 4 is 24.3 Å². The number of rotatable bonds is 10. The van der Waals surface area contributed by atoms with E-state index in [2.05, 4.69) is 39.7 Å². The van der Waals surface area contributed by atoms with Gasteiger partial charge in [-0.05, 0) is 60.0 Å². The zero-order valence-electron chi connectivity index (χ0n) is 23.4. The van der Waals surface area contributed by atoms with Gasteiger partial charge in [-0.2, -0.15) is 16.9 Å². The zero-order valence-corrected chi connectivity index (χ0v) is 24.3. The van der Waals surface area contributed by atoms with Crippen LogP contribution in [-0.4, -0.2) is 81.3 Å². The number of aryl methyl sites for hydroxylation is 2. The van der Waals surface area contributed by atoms with Crippen molar-refractivity contribution in [2.24, 2.45) is 0 Å². The number of aromatic nitrogens is 2. The molecule has 9 heteroatoms. The lowest BCUT2D eigenvalue weighted by Crippen LogP contribution is -2.41. The quantitative estimate of drug-likeness (QED) is 0.351. The highest BCUT2D eigenvalue weighted by Crippen LogP contribution is 2.36. The Morgan fingerprint density at radius 1 is 0.970 bits per heavy atom. The molecule has 0 aromatic carbocycles. The van der Waals surface area contributed by atoms with E-state index in [0.717, 1.165) is 37.2 Å². The Kier molecular flexibility index (Phi) is 20.7. The summed E-state index contributed by atoms with van der Waals surface area (Å²) in [5.41, 5.74) is 1.29. The van der Waals surface area contributed by atoms with Crippen LogP contribution in [0.2, 0.25) is 0 Å². The molecule has 0 spiro atoms. The third-order valence-electron chi connectivity index (χ3n) is 5.01. The highest BCUT2D eigenvalue weighted by Gasteiger charge is 2.52. The van der Waals surface area contributed by atoms with Crippen molar-refractivity contribution in [1.29, 1.82) is 0 Å². The van der Waals surface area contributed by atoms with E-state index in [4.69, 9.17) is 23.5 Å². The van der Waals surface area contributed by atoms with Crippen molar-refractivity contribution in [3.05, 3.63) is 11.9 Å². The number of hydrogen-bond donors (Lipinski definition) is 0. The Bertz CT molecular complexity index is 567. The smallest absolute Gasteiger partial charge is 0.399 e. The second kappa shape index (κ2) is 19.7. The first-order valence-electron chi connectivity index (χ1n) is 11.9. The third kappa shape index (κ3) is 13.8. The summed E-state index contributed by atoms with van der Waals surface area (Å²) < 4.78 is 29.2. The van der Waals surface area contributed by atoms with Gasteiger partial charge in [0.2, 0.25) is 0 Å². The molecule has 0 radical (unpaired) electrons. The molecule has 0 unspecified atom stereocenters. The van der Waals surface area contributed by atoms with Crippen molar-refractivity contribution in [1.82, 2.24) is 9.78 Å². The summed E-state index contributed by atoms with van der Waals surface area (Å²) >= 11 is 1.75. The van der Waals surface area contributed by atoms with Crippen LogP contribution in [-0.2, 0) is 30.1 Å². The van der Waals surface area contributed by atoms with Crippen LogP contribution in [0.25, 0.3) is 0 Å². The van der Waals surface area contributed by atoms with Gasteiger partial charge >= 0.3 is 7.12 Å². The molecule has 0 amide bonds. The van der Waals surface area contributed by atoms with E-state index in [9.17, 15) is 0 Å². The fourth-order valence-corrected chi connectivity index (χ4v) is 2.63. The van der Waals surface area contributed by atoms with E-state index >= 15 is 0 Å². The van der Waals surface area contributed by atoms with E-state index in [1.807, 2.05) is 44.2 Å². The molecule has 196 valence electrons. The van der Waals surface area contributed by atoms with E-state index in [1.54, 1.807) is 26.0 Å². The van der Waals surface area contributed by atoms with Crippen LogP contribution in [0.4, 0.5) is 0 Å². The van der Waals surface area contributed by atoms with Gasteiger partial charge in [0.15, 0.2) is 0 Å². The van der Waals surface area contributed by atoms with Crippen molar-refractivity contribution in [3.63, 3.8) is 0 Å². The molecule has 7 nitrogen and oxygen atoms in total. The SMILES string of the molecule is CC.CCCOC.COCCOCCCn1cc(B2OC(C)(C)C(C)(C)O2)c(C)n1.CSC. The molecule has 1 aromatic heterocycles. The minimum atomic E-state index is -0.355. The Morgan fingerprint density at radius 2 is 1.48 bits per heavy atom. The molecule has 0 atom stereocenters. The molecule has 2 heterocycles. The maximum Gasteiger partial charge on any atom is 0.498 e. The van der Waals surface area contributed by atoms with Crippen LogP contribution in [0.15, 0.2) is 6.20 Å². The molecule has 1 saturated heterocycles. The molecule has 33 heavy (non-hydrogen) atoms. The van der Waals surface area contributed by atoms with Crippen LogP contribution >= 0.6 is 11.8 Å².